The molecule has 2 atom stereocenters. The number of likely N-dealkylation sites (tertiary alicyclic amines) is 1. The lowest BCUT2D eigenvalue weighted by Gasteiger charge is -2.34. The molecular formula is C16H21N3. The SMILES string of the molecule is N#Cc1cccc(C2C(N)CCCCN2C2CC2)c1. The summed E-state index contributed by atoms with van der Waals surface area (Å²) in [6, 6.07) is 11.4. The predicted molar refractivity (Wildman–Crippen MR) is 75.5 cm³/mol. The van der Waals surface area contributed by atoms with Gasteiger partial charge in [0, 0.05) is 12.1 Å². The molecule has 2 N–H and O–H groups in total. The van der Waals surface area contributed by atoms with Crippen molar-refractivity contribution < 1.29 is 0 Å². The maximum Gasteiger partial charge on any atom is 0.0991 e. The van der Waals surface area contributed by atoms with Crippen LogP contribution in [0.1, 0.15) is 49.3 Å². The van der Waals surface area contributed by atoms with Gasteiger partial charge in [0.05, 0.1) is 17.7 Å². The second kappa shape index (κ2) is 5.32. The Morgan fingerprint density at radius 2 is 2.05 bits per heavy atom. The Kier molecular flexibility index (Phi) is 3.54. The molecule has 0 radical (unpaired) electrons. The first-order valence-electron chi connectivity index (χ1n) is 7.31. The summed E-state index contributed by atoms with van der Waals surface area (Å²) in [6.07, 6.45) is 6.17. The quantitative estimate of drug-likeness (QED) is 0.883. The molecule has 0 aromatic heterocycles. The third-order valence-corrected chi connectivity index (χ3v) is 4.34. The van der Waals surface area contributed by atoms with Gasteiger partial charge in [0.15, 0.2) is 0 Å². The zero-order valence-electron chi connectivity index (χ0n) is 11.3. The molecule has 3 rings (SSSR count). The highest BCUT2D eigenvalue weighted by Crippen LogP contribution is 2.38. The summed E-state index contributed by atoms with van der Waals surface area (Å²) in [4.78, 5) is 2.59. The second-order valence-corrected chi connectivity index (χ2v) is 5.81. The number of nitrogens with zero attached hydrogens (tertiary/aromatic N) is 2. The molecule has 0 amide bonds. The van der Waals surface area contributed by atoms with Crippen LogP contribution in [0.3, 0.4) is 0 Å². The van der Waals surface area contributed by atoms with Crippen molar-refractivity contribution in [2.24, 2.45) is 5.73 Å². The molecular weight excluding hydrogens is 234 g/mol. The van der Waals surface area contributed by atoms with Crippen molar-refractivity contribution in [2.45, 2.75) is 50.2 Å². The molecule has 19 heavy (non-hydrogen) atoms. The molecule has 1 aromatic carbocycles. The fraction of sp³-hybridized carbons (Fsp3) is 0.562. The third kappa shape index (κ3) is 2.65. The van der Waals surface area contributed by atoms with Crippen LogP contribution in [0.4, 0.5) is 0 Å². The number of benzene rings is 1. The molecule has 1 saturated carbocycles. The van der Waals surface area contributed by atoms with Crippen molar-refractivity contribution in [3.05, 3.63) is 35.4 Å². The summed E-state index contributed by atoms with van der Waals surface area (Å²) in [6.45, 7) is 1.15. The van der Waals surface area contributed by atoms with Crippen LogP contribution < -0.4 is 5.73 Å². The Labute approximate surface area is 115 Å². The van der Waals surface area contributed by atoms with Gasteiger partial charge < -0.3 is 5.73 Å². The Hall–Kier alpha value is -1.37. The van der Waals surface area contributed by atoms with Crippen LogP contribution in [-0.2, 0) is 0 Å². The minimum absolute atomic E-state index is 0.192. The molecule has 3 heteroatoms. The van der Waals surface area contributed by atoms with Gasteiger partial charge in [-0.3, -0.25) is 4.90 Å². The summed E-state index contributed by atoms with van der Waals surface area (Å²) in [5.41, 5.74) is 8.40. The molecule has 0 spiro atoms. The van der Waals surface area contributed by atoms with E-state index in [4.69, 9.17) is 11.0 Å². The molecule has 2 fully saturated rings. The monoisotopic (exact) mass is 255 g/mol. The minimum atomic E-state index is 0.192. The molecule has 1 saturated heterocycles. The van der Waals surface area contributed by atoms with Crippen LogP contribution in [0.2, 0.25) is 0 Å². The van der Waals surface area contributed by atoms with E-state index in [9.17, 15) is 0 Å². The maximum absolute atomic E-state index is 9.07. The normalized spacial score (nSPS) is 28.6. The molecule has 100 valence electrons. The summed E-state index contributed by atoms with van der Waals surface area (Å²) in [5, 5.41) is 9.07. The van der Waals surface area contributed by atoms with Gasteiger partial charge in [-0.1, -0.05) is 18.6 Å². The Balaban J connectivity index is 1.94. The third-order valence-electron chi connectivity index (χ3n) is 4.34. The molecule has 2 aliphatic rings. The lowest BCUT2D eigenvalue weighted by Crippen LogP contribution is -2.41. The van der Waals surface area contributed by atoms with E-state index in [0.717, 1.165) is 24.6 Å². The Bertz CT molecular complexity index is 487. The van der Waals surface area contributed by atoms with Crippen LogP contribution in [0.5, 0.6) is 0 Å². The van der Waals surface area contributed by atoms with E-state index < -0.39 is 0 Å². The molecule has 1 aliphatic carbocycles. The predicted octanol–water partition coefficient (Wildman–Crippen LogP) is 2.57. The van der Waals surface area contributed by atoms with Crippen LogP contribution in [-0.4, -0.2) is 23.5 Å². The summed E-state index contributed by atoms with van der Waals surface area (Å²) >= 11 is 0. The van der Waals surface area contributed by atoms with Crippen molar-refractivity contribution in [1.82, 2.24) is 4.90 Å². The molecule has 1 heterocycles. The zero-order chi connectivity index (χ0) is 13.2. The average molecular weight is 255 g/mol. The Morgan fingerprint density at radius 3 is 2.79 bits per heavy atom. The number of hydrogen-bond acceptors (Lipinski definition) is 3. The summed E-state index contributed by atoms with van der Waals surface area (Å²) in [7, 11) is 0. The number of nitriles is 1. The largest absolute Gasteiger partial charge is 0.326 e. The van der Waals surface area contributed by atoms with Crippen molar-refractivity contribution in [1.29, 1.82) is 5.26 Å². The van der Waals surface area contributed by atoms with E-state index in [1.54, 1.807) is 0 Å². The standard InChI is InChI=1S/C16H21N3/c17-11-12-4-3-5-13(10-12)16-15(18)6-1-2-9-19(16)14-7-8-14/h3-5,10,14-16H,1-2,6-9,18H2. The molecule has 0 bridgehead atoms. The molecule has 3 nitrogen and oxygen atoms in total. The van der Waals surface area contributed by atoms with Crippen molar-refractivity contribution in [3.8, 4) is 6.07 Å². The van der Waals surface area contributed by atoms with Gasteiger partial charge in [-0.2, -0.15) is 5.26 Å². The van der Waals surface area contributed by atoms with Gasteiger partial charge in [-0.25, -0.2) is 0 Å². The van der Waals surface area contributed by atoms with Crippen molar-refractivity contribution >= 4 is 0 Å². The van der Waals surface area contributed by atoms with Gasteiger partial charge >= 0.3 is 0 Å². The van der Waals surface area contributed by atoms with Gasteiger partial charge in [-0.15, -0.1) is 0 Å². The fourth-order valence-corrected chi connectivity index (χ4v) is 3.26. The van der Waals surface area contributed by atoms with E-state index in [1.165, 1.54) is 31.2 Å². The highest BCUT2D eigenvalue weighted by molar-refractivity contribution is 5.35. The summed E-state index contributed by atoms with van der Waals surface area (Å²) < 4.78 is 0. The highest BCUT2D eigenvalue weighted by Gasteiger charge is 2.38. The van der Waals surface area contributed by atoms with Crippen LogP contribution >= 0.6 is 0 Å². The lowest BCUT2D eigenvalue weighted by molar-refractivity contribution is 0.175. The van der Waals surface area contributed by atoms with Gasteiger partial charge in [-0.05, 0) is 49.9 Å². The van der Waals surface area contributed by atoms with E-state index in [0.29, 0.717) is 6.04 Å². The van der Waals surface area contributed by atoms with Crippen LogP contribution in [0.25, 0.3) is 0 Å². The first-order valence-corrected chi connectivity index (χ1v) is 7.31. The van der Waals surface area contributed by atoms with E-state index in [1.807, 2.05) is 18.2 Å². The number of hydrogen-bond donors (Lipinski definition) is 1. The van der Waals surface area contributed by atoms with E-state index >= 15 is 0 Å². The molecule has 2 unspecified atom stereocenters. The number of rotatable bonds is 2. The molecule has 1 aliphatic heterocycles. The smallest absolute Gasteiger partial charge is 0.0991 e. The topological polar surface area (TPSA) is 53.1 Å². The van der Waals surface area contributed by atoms with Gasteiger partial charge in [0.2, 0.25) is 0 Å². The second-order valence-electron chi connectivity index (χ2n) is 5.81. The van der Waals surface area contributed by atoms with E-state index in [2.05, 4.69) is 17.0 Å². The zero-order valence-corrected chi connectivity index (χ0v) is 11.3. The van der Waals surface area contributed by atoms with Gasteiger partial charge in [0.25, 0.3) is 0 Å². The maximum atomic E-state index is 9.07. The summed E-state index contributed by atoms with van der Waals surface area (Å²) in [5.74, 6) is 0. The molecule has 1 aromatic rings. The highest BCUT2D eigenvalue weighted by atomic mass is 15.2. The first-order chi connectivity index (χ1) is 9.29. The van der Waals surface area contributed by atoms with E-state index in [-0.39, 0.29) is 6.04 Å². The van der Waals surface area contributed by atoms with Crippen LogP contribution in [0.15, 0.2) is 24.3 Å². The average Bonchev–Trinajstić information content (AvgIpc) is 3.25. The first kappa shape index (κ1) is 12.7. The number of nitrogens with two attached hydrogens (primary N) is 1. The Morgan fingerprint density at radius 1 is 1.21 bits per heavy atom. The van der Waals surface area contributed by atoms with Crippen molar-refractivity contribution in [2.75, 3.05) is 6.54 Å². The fourth-order valence-electron chi connectivity index (χ4n) is 3.26. The minimum Gasteiger partial charge on any atom is -0.326 e. The van der Waals surface area contributed by atoms with Crippen molar-refractivity contribution in [3.63, 3.8) is 0 Å². The van der Waals surface area contributed by atoms with Crippen LogP contribution in [0, 0.1) is 11.3 Å². The lowest BCUT2D eigenvalue weighted by atomic mass is 9.95. The van der Waals surface area contributed by atoms with Gasteiger partial charge in [0.1, 0.15) is 0 Å².